The van der Waals surface area contributed by atoms with Crippen molar-refractivity contribution in [2.24, 2.45) is 0 Å². The lowest BCUT2D eigenvalue weighted by atomic mass is 9.98. The number of amides is 1. The molecule has 0 aliphatic carbocycles. The van der Waals surface area contributed by atoms with E-state index in [1.165, 1.54) is 11.3 Å². The molecule has 0 aromatic carbocycles. The molecule has 1 N–H and O–H groups in total. The highest BCUT2D eigenvalue weighted by Crippen LogP contribution is 2.32. The fourth-order valence-electron chi connectivity index (χ4n) is 3.49. The van der Waals surface area contributed by atoms with Crippen molar-refractivity contribution in [2.75, 3.05) is 11.9 Å². The first kappa shape index (κ1) is 20.5. The Morgan fingerprint density at radius 1 is 1.17 bits per heavy atom. The number of rotatable bonds is 5. The third-order valence-electron chi connectivity index (χ3n) is 4.78. The summed E-state index contributed by atoms with van der Waals surface area (Å²) < 4.78 is 0. The topological polar surface area (TPSA) is 96.8 Å². The van der Waals surface area contributed by atoms with E-state index >= 15 is 0 Å². The first-order valence-corrected chi connectivity index (χ1v) is 11.5. The van der Waals surface area contributed by atoms with Crippen molar-refractivity contribution in [1.82, 2.24) is 30.0 Å². The molecule has 1 fully saturated rings. The van der Waals surface area contributed by atoms with Gasteiger partial charge in [-0.3, -0.25) is 4.79 Å². The van der Waals surface area contributed by atoms with E-state index in [4.69, 9.17) is 0 Å². The number of carbonyl (C=O) groups is 1. The number of thiazole rings is 1. The zero-order chi connectivity index (χ0) is 21.1. The minimum Gasteiger partial charge on any atom is -0.331 e. The van der Waals surface area contributed by atoms with E-state index in [9.17, 15) is 4.79 Å². The summed E-state index contributed by atoms with van der Waals surface area (Å²) in [6, 6.07) is 1.83. The summed E-state index contributed by atoms with van der Waals surface area (Å²) in [5, 5.41) is 15.8. The van der Waals surface area contributed by atoms with Crippen LogP contribution in [-0.4, -0.2) is 42.5 Å². The van der Waals surface area contributed by atoms with Crippen molar-refractivity contribution in [3.8, 4) is 0 Å². The Hall–Kier alpha value is -2.72. The summed E-state index contributed by atoms with van der Waals surface area (Å²) in [7, 11) is 0. The number of nitrogens with one attached hydrogen (secondary N) is 1. The Labute approximate surface area is 183 Å². The van der Waals surface area contributed by atoms with Gasteiger partial charge in [0.2, 0.25) is 11.0 Å². The van der Waals surface area contributed by atoms with Crippen LogP contribution in [-0.2, 0) is 4.79 Å². The molecule has 0 saturated carbocycles. The van der Waals surface area contributed by atoms with E-state index in [0.717, 1.165) is 40.7 Å². The smallest absolute Gasteiger partial charge is 0.247 e. The number of hydrogen-bond acceptors (Lipinski definition) is 9. The van der Waals surface area contributed by atoms with Crippen LogP contribution in [0.4, 0.5) is 10.9 Å². The number of piperidine rings is 1. The van der Waals surface area contributed by atoms with Crippen LogP contribution in [0.5, 0.6) is 0 Å². The van der Waals surface area contributed by atoms with Crippen molar-refractivity contribution in [2.45, 2.75) is 46.1 Å². The first-order valence-electron chi connectivity index (χ1n) is 9.81. The fourth-order valence-corrected chi connectivity index (χ4v) is 4.67. The Bertz CT molecular complexity index is 1070. The average Bonchev–Trinajstić information content (AvgIpc) is 3.33. The van der Waals surface area contributed by atoms with Crippen LogP contribution in [0.25, 0.3) is 6.08 Å². The highest BCUT2D eigenvalue weighted by atomic mass is 32.1. The molecule has 1 aliphatic heterocycles. The van der Waals surface area contributed by atoms with Gasteiger partial charge in [-0.25, -0.2) is 15.0 Å². The molecule has 0 spiro atoms. The van der Waals surface area contributed by atoms with Gasteiger partial charge in [-0.15, -0.1) is 21.5 Å². The maximum atomic E-state index is 13.0. The van der Waals surface area contributed by atoms with Crippen LogP contribution in [0, 0.1) is 20.8 Å². The third kappa shape index (κ3) is 4.88. The van der Waals surface area contributed by atoms with Crippen LogP contribution in [0.1, 0.15) is 52.5 Å². The van der Waals surface area contributed by atoms with E-state index in [2.05, 4.69) is 30.5 Å². The van der Waals surface area contributed by atoms with E-state index in [-0.39, 0.29) is 11.9 Å². The highest BCUT2D eigenvalue weighted by Gasteiger charge is 2.28. The quantitative estimate of drug-likeness (QED) is 0.592. The Morgan fingerprint density at radius 3 is 2.77 bits per heavy atom. The normalized spacial score (nSPS) is 16.9. The van der Waals surface area contributed by atoms with Crippen LogP contribution in [0.2, 0.25) is 0 Å². The van der Waals surface area contributed by atoms with Crippen LogP contribution in [0.3, 0.4) is 0 Å². The van der Waals surface area contributed by atoms with Crippen molar-refractivity contribution < 1.29 is 4.79 Å². The lowest BCUT2D eigenvalue weighted by molar-refractivity contribution is -0.129. The molecule has 4 heterocycles. The number of nitrogens with zero attached hydrogens (tertiary/aromatic N) is 6. The van der Waals surface area contributed by atoms with Gasteiger partial charge in [-0.2, -0.15) is 0 Å². The molecule has 3 aromatic heterocycles. The van der Waals surface area contributed by atoms with Crippen molar-refractivity contribution in [3.05, 3.63) is 44.7 Å². The van der Waals surface area contributed by atoms with Gasteiger partial charge in [0.25, 0.3) is 0 Å². The van der Waals surface area contributed by atoms with E-state index in [1.54, 1.807) is 23.5 Å². The molecule has 1 amide bonds. The highest BCUT2D eigenvalue weighted by molar-refractivity contribution is 7.15. The van der Waals surface area contributed by atoms with Crippen LogP contribution in [0.15, 0.2) is 17.5 Å². The maximum absolute atomic E-state index is 13.0. The predicted octanol–water partition coefficient (Wildman–Crippen LogP) is 4.22. The summed E-state index contributed by atoms with van der Waals surface area (Å²) in [5.41, 5.74) is 1.66. The molecule has 4 rings (SSSR count). The molecule has 0 radical (unpaired) electrons. The lowest BCUT2D eigenvalue weighted by Gasteiger charge is -2.35. The van der Waals surface area contributed by atoms with Gasteiger partial charge in [0, 0.05) is 24.1 Å². The number of hydrogen-bond donors (Lipinski definition) is 1. The standard InChI is InChI=1S/C20H23N7OS2/c1-12-21-16(10-18(22-12)24-20-26-25-14(3)30-20)17-6-4-5-9-27(17)19(28)8-7-15-11-29-13(2)23-15/h7-8,10-11,17H,4-6,9H2,1-3H3,(H,21,22,24,26)/b8-7+/t17-/m0/s1. The Balaban J connectivity index is 1.55. The number of aromatic nitrogens is 5. The summed E-state index contributed by atoms with van der Waals surface area (Å²) >= 11 is 3.04. The number of anilines is 2. The van der Waals surface area contributed by atoms with E-state index in [0.29, 0.717) is 23.3 Å². The number of aryl methyl sites for hydroxylation is 3. The SMILES string of the molecule is Cc1nc(Nc2nnc(C)s2)cc([C@@H]2CCCCN2C(=O)/C=C/c2csc(C)n2)n1. The first-order chi connectivity index (χ1) is 14.5. The Kier molecular flexibility index (Phi) is 6.14. The molecule has 1 atom stereocenters. The van der Waals surface area contributed by atoms with Crippen molar-refractivity contribution in [1.29, 1.82) is 0 Å². The van der Waals surface area contributed by atoms with Gasteiger partial charge in [-0.1, -0.05) is 11.3 Å². The molecule has 30 heavy (non-hydrogen) atoms. The number of carbonyl (C=O) groups excluding carboxylic acids is 1. The van der Waals surface area contributed by atoms with Crippen molar-refractivity contribution in [3.63, 3.8) is 0 Å². The molecule has 1 saturated heterocycles. The van der Waals surface area contributed by atoms with Crippen LogP contribution < -0.4 is 5.32 Å². The lowest BCUT2D eigenvalue weighted by Crippen LogP contribution is -2.38. The second kappa shape index (κ2) is 8.97. The average molecular weight is 442 g/mol. The fraction of sp³-hybridized carbons (Fsp3) is 0.400. The Morgan fingerprint density at radius 2 is 2.03 bits per heavy atom. The summed E-state index contributed by atoms with van der Waals surface area (Å²) in [4.78, 5) is 28.4. The maximum Gasteiger partial charge on any atom is 0.247 e. The van der Waals surface area contributed by atoms with E-state index in [1.807, 2.05) is 37.1 Å². The molecule has 3 aromatic rings. The van der Waals surface area contributed by atoms with Crippen LogP contribution >= 0.6 is 22.7 Å². The minimum absolute atomic E-state index is 0.0177. The second-order valence-electron chi connectivity index (χ2n) is 7.14. The summed E-state index contributed by atoms with van der Waals surface area (Å²) in [6.45, 7) is 6.44. The predicted molar refractivity (Wildman–Crippen MR) is 119 cm³/mol. The molecule has 10 heteroatoms. The van der Waals surface area contributed by atoms with Gasteiger partial charge >= 0.3 is 0 Å². The van der Waals surface area contributed by atoms with E-state index < -0.39 is 0 Å². The number of likely N-dealkylation sites (tertiary alicyclic amines) is 1. The monoisotopic (exact) mass is 441 g/mol. The van der Waals surface area contributed by atoms with Gasteiger partial charge in [0.05, 0.1) is 22.4 Å². The molecular formula is C20H23N7OS2. The molecular weight excluding hydrogens is 418 g/mol. The molecule has 1 aliphatic rings. The van der Waals surface area contributed by atoms with Gasteiger partial charge in [0.15, 0.2) is 0 Å². The van der Waals surface area contributed by atoms with Gasteiger partial charge in [0.1, 0.15) is 16.6 Å². The molecule has 156 valence electrons. The van der Waals surface area contributed by atoms with Gasteiger partial charge < -0.3 is 10.2 Å². The summed E-state index contributed by atoms with van der Waals surface area (Å²) in [6.07, 6.45) is 6.33. The zero-order valence-corrected chi connectivity index (χ0v) is 18.8. The van der Waals surface area contributed by atoms with Gasteiger partial charge in [-0.05, 0) is 46.1 Å². The molecule has 0 bridgehead atoms. The largest absolute Gasteiger partial charge is 0.331 e. The van der Waals surface area contributed by atoms with Crippen molar-refractivity contribution >= 4 is 45.6 Å². The molecule has 0 unspecified atom stereocenters. The zero-order valence-electron chi connectivity index (χ0n) is 17.1. The molecule has 8 nitrogen and oxygen atoms in total. The summed E-state index contributed by atoms with van der Waals surface area (Å²) in [5.74, 6) is 1.30. The third-order valence-corrected chi connectivity index (χ3v) is 6.33. The second-order valence-corrected chi connectivity index (χ2v) is 9.39. The minimum atomic E-state index is -0.0773.